The highest BCUT2D eigenvalue weighted by Gasteiger charge is 2.38. The van der Waals surface area contributed by atoms with Crippen LogP contribution in [0.25, 0.3) is 0 Å². The van der Waals surface area contributed by atoms with Crippen LogP contribution < -0.4 is 31.2 Å². The summed E-state index contributed by atoms with van der Waals surface area (Å²) in [5.74, 6) is -2.06. The monoisotopic (exact) mass is 529 g/mol. The first-order valence-electron chi connectivity index (χ1n) is 11.1. The molecule has 0 saturated carbocycles. The minimum atomic E-state index is -1.30. The maximum absolute atomic E-state index is 14.1. The number of amides is 3. The molecule has 37 heavy (non-hydrogen) atoms. The highest BCUT2D eigenvalue weighted by Crippen LogP contribution is 2.40. The van der Waals surface area contributed by atoms with Gasteiger partial charge >= 0.3 is 0 Å². The number of benzene rings is 2. The van der Waals surface area contributed by atoms with Gasteiger partial charge in [0.1, 0.15) is 28.2 Å². The molecule has 1 aromatic heterocycles. The zero-order valence-corrected chi connectivity index (χ0v) is 21.8. The lowest BCUT2D eigenvalue weighted by atomic mass is 10.00. The van der Waals surface area contributed by atoms with Crippen molar-refractivity contribution in [1.82, 2.24) is 9.69 Å². The highest BCUT2D eigenvalue weighted by atomic mass is 32.1. The first kappa shape index (κ1) is 27.4. The van der Waals surface area contributed by atoms with Crippen LogP contribution in [0.5, 0.6) is 11.5 Å². The quantitative estimate of drug-likeness (QED) is 0.405. The largest absolute Gasteiger partial charge is 0.497 e. The molecule has 12 heteroatoms. The van der Waals surface area contributed by atoms with Crippen molar-refractivity contribution >= 4 is 40.6 Å². The molecule has 3 rings (SSSR count). The second-order valence-electron chi connectivity index (χ2n) is 9.04. The predicted octanol–water partition coefficient (Wildman–Crippen LogP) is 3.28. The number of rotatable bonds is 8. The molecule has 3 amide bonds. The topological polar surface area (TPSA) is 150 Å². The molecule has 0 saturated heterocycles. The zero-order chi connectivity index (χ0) is 27.5. The van der Waals surface area contributed by atoms with Crippen molar-refractivity contribution < 1.29 is 28.2 Å². The lowest BCUT2D eigenvalue weighted by Crippen LogP contribution is -2.49. The van der Waals surface area contributed by atoms with Crippen molar-refractivity contribution in [3.63, 3.8) is 0 Å². The summed E-state index contributed by atoms with van der Waals surface area (Å²) in [5, 5.41) is 2.88. The molecular weight excluding hydrogens is 501 g/mol. The number of nitrogen functional groups attached to an aromatic ring is 1. The Morgan fingerprint density at radius 2 is 1.73 bits per heavy atom. The molecule has 3 aromatic rings. The van der Waals surface area contributed by atoms with Crippen molar-refractivity contribution in [3.8, 4) is 11.5 Å². The van der Waals surface area contributed by atoms with Crippen molar-refractivity contribution in [3.05, 3.63) is 64.4 Å². The summed E-state index contributed by atoms with van der Waals surface area (Å²) in [7, 11) is 2.87. The first-order valence-corrected chi connectivity index (χ1v) is 11.8. The molecule has 1 atom stereocenters. The van der Waals surface area contributed by atoms with Crippen molar-refractivity contribution in [2.24, 2.45) is 5.73 Å². The van der Waals surface area contributed by atoms with Crippen LogP contribution in [0.4, 0.5) is 15.8 Å². The summed E-state index contributed by atoms with van der Waals surface area (Å²) in [6.07, 6.45) is 0. The van der Waals surface area contributed by atoms with Gasteiger partial charge in [-0.1, -0.05) is 12.1 Å². The molecular formula is C25H28FN5O5S. The Balaban J connectivity index is 2.31. The number of carbonyl (C=O) groups excluding carboxylic acids is 3. The van der Waals surface area contributed by atoms with E-state index in [1.165, 1.54) is 43.4 Å². The summed E-state index contributed by atoms with van der Waals surface area (Å²) in [4.78, 5) is 40.6. The summed E-state index contributed by atoms with van der Waals surface area (Å²) >= 11 is 0.672. The normalized spacial score (nSPS) is 11.9. The Morgan fingerprint density at radius 3 is 2.24 bits per heavy atom. The third kappa shape index (κ3) is 5.97. The second-order valence-corrected chi connectivity index (χ2v) is 9.82. The van der Waals surface area contributed by atoms with Gasteiger partial charge in [0.2, 0.25) is 5.91 Å². The number of halogens is 1. The molecule has 5 N–H and O–H groups in total. The Labute approximate surface area is 217 Å². The van der Waals surface area contributed by atoms with Gasteiger partial charge in [-0.05, 0) is 62.1 Å². The van der Waals surface area contributed by atoms with Crippen molar-refractivity contribution in [1.29, 1.82) is 0 Å². The van der Waals surface area contributed by atoms with E-state index in [-0.39, 0.29) is 27.7 Å². The van der Waals surface area contributed by atoms with Crippen molar-refractivity contribution in [2.45, 2.75) is 32.4 Å². The van der Waals surface area contributed by atoms with E-state index in [2.05, 4.69) is 9.69 Å². The Morgan fingerprint density at radius 1 is 1.08 bits per heavy atom. The van der Waals surface area contributed by atoms with Gasteiger partial charge in [-0.25, -0.2) is 4.39 Å². The fourth-order valence-corrected chi connectivity index (χ4v) is 4.33. The van der Waals surface area contributed by atoms with E-state index in [1.54, 1.807) is 39.0 Å². The highest BCUT2D eigenvalue weighted by molar-refractivity contribution is 7.09. The second kappa shape index (κ2) is 10.8. The standard InChI is InChI=1S/C25H28FN5O5S/c1-25(2,3)29-23(33)20(13-6-8-14(26)9-7-13)31(16-11-10-15(35-4)12-17(16)36-5)24(34)21-18(27)19(22(28)32)30-37-21/h6-12,20H,27H2,1-5H3,(H2,28,32)(H,29,33). The minimum absolute atomic E-state index is 0.109. The number of carbonyl (C=O) groups is 3. The van der Waals surface area contributed by atoms with Gasteiger partial charge in [0.05, 0.1) is 25.6 Å². The molecule has 1 unspecified atom stereocenters. The lowest BCUT2D eigenvalue weighted by Gasteiger charge is -2.34. The fraction of sp³-hybridized carbons (Fsp3) is 0.280. The average molecular weight is 530 g/mol. The molecule has 0 bridgehead atoms. The van der Waals surface area contributed by atoms with E-state index < -0.39 is 35.1 Å². The Hall–Kier alpha value is -4.19. The lowest BCUT2D eigenvalue weighted by molar-refractivity contribution is -0.123. The van der Waals surface area contributed by atoms with Gasteiger partial charge in [-0.3, -0.25) is 19.3 Å². The minimum Gasteiger partial charge on any atom is -0.497 e. The van der Waals surface area contributed by atoms with E-state index in [1.807, 2.05) is 0 Å². The Bertz CT molecular complexity index is 1320. The molecule has 0 aliphatic heterocycles. The van der Waals surface area contributed by atoms with Gasteiger partial charge in [0.15, 0.2) is 5.69 Å². The fourth-order valence-electron chi connectivity index (χ4n) is 3.59. The number of methoxy groups -OCH3 is 2. The number of primary amides is 1. The van der Waals surface area contributed by atoms with Gasteiger partial charge < -0.3 is 26.3 Å². The molecule has 10 nitrogen and oxygen atoms in total. The van der Waals surface area contributed by atoms with Crippen LogP contribution in [0.2, 0.25) is 0 Å². The molecule has 0 fully saturated rings. The first-order chi connectivity index (χ1) is 17.4. The number of anilines is 2. The third-order valence-corrected chi connectivity index (χ3v) is 6.06. The number of nitrogens with one attached hydrogen (secondary N) is 1. The molecule has 0 aliphatic rings. The zero-order valence-electron chi connectivity index (χ0n) is 21.0. The van der Waals surface area contributed by atoms with Crippen LogP contribution >= 0.6 is 11.5 Å². The smallest absolute Gasteiger partial charge is 0.273 e. The Kier molecular flexibility index (Phi) is 8.02. The number of nitrogens with zero attached hydrogens (tertiary/aromatic N) is 2. The van der Waals surface area contributed by atoms with Gasteiger partial charge in [0, 0.05) is 11.6 Å². The van der Waals surface area contributed by atoms with Crippen molar-refractivity contribution in [2.75, 3.05) is 24.9 Å². The molecule has 1 heterocycles. The van der Waals surface area contributed by atoms with Crippen LogP contribution in [0.15, 0.2) is 42.5 Å². The van der Waals surface area contributed by atoms with E-state index in [0.29, 0.717) is 22.8 Å². The average Bonchev–Trinajstić information content (AvgIpc) is 3.23. The summed E-state index contributed by atoms with van der Waals surface area (Å²) in [6, 6.07) is 8.57. The molecule has 0 spiro atoms. The van der Waals surface area contributed by atoms with E-state index in [4.69, 9.17) is 20.9 Å². The van der Waals surface area contributed by atoms with E-state index >= 15 is 0 Å². The SMILES string of the molecule is COc1ccc(N(C(=O)c2snc(C(N)=O)c2N)C(C(=O)NC(C)(C)C)c2ccc(F)cc2)c(OC)c1. The van der Waals surface area contributed by atoms with E-state index in [9.17, 15) is 18.8 Å². The molecule has 0 aliphatic carbocycles. The van der Waals surface area contributed by atoms with E-state index in [0.717, 1.165) is 0 Å². The number of hydrogen-bond acceptors (Lipinski definition) is 8. The molecule has 2 aromatic carbocycles. The number of aromatic nitrogens is 1. The van der Waals surface area contributed by atoms with Crippen LogP contribution in [0.1, 0.15) is 52.5 Å². The number of hydrogen-bond donors (Lipinski definition) is 3. The molecule has 0 radical (unpaired) electrons. The maximum atomic E-state index is 14.1. The molecule has 196 valence electrons. The van der Waals surface area contributed by atoms with Crippen LogP contribution in [0, 0.1) is 5.82 Å². The van der Waals surface area contributed by atoms with Crippen LogP contribution in [0.3, 0.4) is 0 Å². The third-order valence-electron chi connectivity index (χ3n) is 5.21. The summed E-state index contributed by atoms with van der Waals surface area (Å²) in [5.41, 5.74) is 10.8. The van der Waals surface area contributed by atoms with Gasteiger partial charge in [-0.15, -0.1) is 0 Å². The van der Waals surface area contributed by atoms with Crippen LogP contribution in [-0.4, -0.2) is 41.9 Å². The number of nitrogens with two attached hydrogens (primary N) is 2. The maximum Gasteiger partial charge on any atom is 0.273 e. The summed E-state index contributed by atoms with van der Waals surface area (Å²) < 4.78 is 28.5. The van der Waals surface area contributed by atoms with Gasteiger partial charge in [-0.2, -0.15) is 4.37 Å². The number of ether oxygens (including phenoxy) is 2. The predicted molar refractivity (Wildman–Crippen MR) is 138 cm³/mol. The van der Waals surface area contributed by atoms with Crippen LogP contribution in [-0.2, 0) is 4.79 Å². The summed E-state index contributed by atoms with van der Waals surface area (Å²) in [6.45, 7) is 5.35. The van der Waals surface area contributed by atoms with Gasteiger partial charge in [0.25, 0.3) is 11.8 Å².